The van der Waals surface area contributed by atoms with Crippen molar-refractivity contribution in [1.82, 2.24) is 19.7 Å². The molecule has 0 aromatic carbocycles. The largest absolute Gasteiger partial charge is 0.392 e. The lowest BCUT2D eigenvalue weighted by molar-refractivity contribution is 0.0953. The van der Waals surface area contributed by atoms with Crippen LogP contribution in [0.1, 0.15) is 26.5 Å². The maximum absolute atomic E-state index is 9.66. The van der Waals surface area contributed by atoms with Gasteiger partial charge in [0, 0.05) is 18.3 Å². The van der Waals surface area contributed by atoms with E-state index in [4.69, 9.17) is 0 Å². The van der Waals surface area contributed by atoms with Gasteiger partial charge in [0.2, 0.25) is 0 Å². The molecular formula is C12H17BrN4O. The van der Waals surface area contributed by atoms with Crippen molar-refractivity contribution < 1.29 is 5.11 Å². The molecule has 0 radical (unpaired) electrons. The Morgan fingerprint density at radius 3 is 2.83 bits per heavy atom. The Hall–Kier alpha value is -0.980. The third kappa shape index (κ3) is 2.71. The summed E-state index contributed by atoms with van der Waals surface area (Å²) in [6.07, 6.45) is 4.99. The first-order valence-corrected chi connectivity index (χ1v) is 6.60. The fourth-order valence-corrected chi connectivity index (χ4v) is 1.82. The Morgan fingerprint density at radius 2 is 2.17 bits per heavy atom. The molecule has 0 aliphatic carbocycles. The summed E-state index contributed by atoms with van der Waals surface area (Å²) in [6, 6.07) is 0. The van der Waals surface area contributed by atoms with Crippen LogP contribution in [-0.4, -0.2) is 31.1 Å². The van der Waals surface area contributed by atoms with Gasteiger partial charge in [-0.2, -0.15) is 0 Å². The molecule has 2 aromatic heterocycles. The van der Waals surface area contributed by atoms with Gasteiger partial charge in [0.25, 0.3) is 0 Å². The molecule has 18 heavy (non-hydrogen) atoms. The second-order valence-corrected chi connectivity index (χ2v) is 5.75. The Labute approximate surface area is 114 Å². The Morgan fingerprint density at radius 1 is 1.44 bits per heavy atom. The van der Waals surface area contributed by atoms with E-state index < -0.39 is 6.10 Å². The highest BCUT2D eigenvalue weighted by Gasteiger charge is 2.23. The SMILES string of the molecule is CC(O)C(C)(C)NCc1cnc2cnc(Br)cn12. The van der Waals surface area contributed by atoms with Gasteiger partial charge in [-0.25, -0.2) is 9.97 Å². The first-order valence-electron chi connectivity index (χ1n) is 5.81. The minimum absolute atomic E-state index is 0.339. The molecule has 0 amide bonds. The Balaban J connectivity index is 2.20. The minimum atomic E-state index is -0.426. The average molecular weight is 313 g/mol. The van der Waals surface area contributed by atoms with Gasteiger partial charge < -0.3 is 10.4 Å². The molecule has 2 N–H and O–H groups in total. The van der Waals surface area contributed by atoms with Gasteiger partial charge in [-0.15, -0.1) is 0 Å². The summed E-state index contributed by atoms with van der Waals surface area (Å²) < 4.78 is 2.74. The predicted octanol–water partition coefficient (Wildman–Crippen LogP) is 1.74. The quantitative estimate of drug-likeness (QED) is 0.902. The van der Waals surface area contributed by atoms with Crippen LogP contribution in [0.5, 0.6) is 0 Å². The van der Waals surface area contributed by atoms with Gasteiger partial charge >= 0.3 is 0 Å². The molecule has 0 aliphatic heterocycles. The molecular weight excluding hydrogens is 296 g/mol. The summed E-state index contributed by atoms with van der Waals surface area (Å²) in [7, 11) is 0. The summed E-state index contributed by atoms with van der Waals surface area (Å²) >= 11 is 3.34. The second-order valence-electron chi connectivity index (χ2n) is 4.94. The Bertz CT molecular complexity index is 550. The van der Waals surface area contributed by atoms with Crippen LogP contribution in [0.4, 0.5) is 0 Å². The lowest BCUT2D eigenvalue weighted by Crippen LogP contribution is -2.47. The van der Waals surface area contributed by atoms with Crippen LogP contribution in [0.3, 0.4) is 0 Å². The third-order valence-electron chi connectivity index (χ3n) is 3.21. The van der Waals surface area contributed by atoms with Crippen LogP contribution in [0.15, 0.2) is 23.2 Å². The van der Waals surface area contributed by atoms with Crippen molar-refractivity contribution in [2.24, 2.45) is 0 Å². The predicted molar refractivity (Wildman–Crippen MR) is 73.3 cm³/mol. The lowest BCUT2D eigenvalue weighted by Gasteiger charge is -2.29. The number of fused-ring (bicyclic) bond motifs is 1. The summed E-state index contributed by atoms with van der Waals surface area (Å²) in [5, 5.41) is 13.0. The van der Waals surface area contributed by atoms with Gasteiger partial charge in [-0.05, 0) is 36.7 Å². The highest BCUT2D eigenvalue weighted by atomic mass is 79.9. The van der Waals surface area contributed by atoms with Gasteiger partial charge in [-0.3, -0.25) is 4.40 Å². The van der Waals surface area contributed by atoms with Crippen LogP contribution in [0, 0.1) is 0 Å². The number of aliphatic hydroxyl groups is 1. The van der Waals surface area contributed by atoms with Crippen molar-refractivity contribution >= 4 is 21.6 Å². The van der Waals surface area contributed by atoms with Gasteiger partial charge in [0.1, 0.15) is 4.60 Å². The van der Waals surface area contributed by atoms with E-state index in [2.05, 4.69) is 31.2 Å². The first kappa shape index (κ1) is 13.5. The monoisotopic (exact) mass is 312 g/mol. The zero-order valence-corrected chi connectivity index (χ0v) is 12.3. The van der Waals surface area contributed by atoms with E-state index in [1.54, 1.807) is 13.1 Å². The molecule has 0 saturated carbocycles. The number of imidazole rings is 1. The Kier molecular flexibility index (Phi) is 3.70. The van der Waals surface area contributed by atoms with E-state index in [0.717, 1.165) is 15.9 Å². The number of rotatable bonds is 4. The second kappa shape index (κ2) is 4.95. The van der Waals surface area contributed by atoms with Gasteiger partial charge in [0.15, 0.2) is 5.65 Å². The minimum Gasteiger partial charge on any atom is -0.392 e. The zero-order valence-electron chi connectivity index (χ0n) is 10.7. The number of nitrogens with one attached hydrogen (secondary N) is 1. The summed E-state index contributed by atoms with van der Waals surface area (Å²) in [5.41, 5.74) is 1.50. The van der Waals surface area contributed by atoms with E-state index in [0.29, 0.717) is 6.54 Å². The molecule has 2 heterocycles. The molecule has 1 unspecified atom stereocenters. The highest BCUT2D eigenvalue weighted by Crippen LogP contribution is 2.13. The molecule has 2 rings (SSSR count). The van der Waals surface area contributed by atoms with Crippen LogP contribution in [0.2, 0.25) is 0 Å². The zero-order chi connectivity index (χ0) is 13.3. The number of hydrogen-bond donors (Lipinski definition) is 2. The lowest BCUT2D eigenvalue weighted by atomic mass is 9.99. The van der Waals surface area contributed by atoms with E-state index in [-0.39, 0.29) is 5.54 Å². The van der Waals surface area contributed by atoms with Crippen molar-refractivity contribution in [3.8, 4) is 0 Å². The van der Waals surface area contributed by atoms with E-state index in [1.165, 1.54) is 0 Å². The van der Waals surface area contributed by atoms with Crippen LogP contribution in [0.25, 0.3) is 5.65 Å². The van der Waals surface area contributed by atoms with Gasteiger partial charge in [0.05, 0.1) is 24.2 Å². The van der Waals surface area contributed by atoms with Crippen LogP contribution in [-0.2, 0) is 6.54 Å². The number of aliphatic hydroxyl groups excluding tert-OH is 1. The standard InChI is InChI=1S/C12H17BrN4O/c1-8(18)12(2,3)16-5-9-4-15-11-6-14-10(13)7-17(9)11/h4,6-8,16,18H,5H2,1-3H3. The van der Waals surface area contributed by atoms with Crippen molar-refractivity contribution in [2.75, 3.05) is 0 Å². The number of hydrogen-bond acceptors (Lipinski definition) is 4. The maximum Gasteiger partial charge on any atom is 0.155 e. The van der Waals surface area contributed by atoms with Crippen molar-refractivity contribution in [1.29, 1.82) is 0 Å². The van der Waals surface area contributed by atoms with Gasteiger partial charge in [-0.1, -0.05) is 0 Å². The highest BCUT2D eigenvalue weighted by molar-refractivity contribution is 9.10. The molecule has 6 heteroatoms. The summed E-state index contributed by atoms with van der Waals surface area (Å²) in [6.45, 7) is 6.36. The molecule has 2 aromatic rings. The smallest absolute Gasteiger partial charge is 0.155 e. The molecule has 0 bridgehead atoms. The first-order chi connectivity index (χ1) is 8.40. The molecule has 0 aliphatic rings. The summed E-state index contributed by atoms with van der Waals surface area (Å²) in [5.74, 6) is 0. The van der Waals surface area contributed by atoms with Crippen molar-refractivity contribution in [3.63, 3.8) is 0 Å². The van der Waals surface area contributed by atoms with Crippen LogP contribution >= 0.6 is 15.9 Å². The van der Waals surface area contributed by atoms with Crippen molar-refractivity contribution in [2.45, 2.75) is 39.0 Å². The van der Waals surface area contributed by atoms with Crippen LogP contribution < -0.4 is 5.32 Å². The fourth-order valence-electron chi connectivity index (χ4n) is 1.51. The van der Waals surface area contributed by atoms with E-state index >= 15 is 0 Å². The number of halogens is 1. The number of nitrogens with zero attached hydrogens (tertiary/aromatic N) is 3. The average Bonchev–Trinajstić information content (AvgIpc) is 2.68. The van der Waals surface area contributed by atoms with E-state index in [9.17, 15) is 5.11 Å². The topological polar surface area (TPSA) is 62.5 Å². The maximum atomic E-state index is 9.66. The summed E-state index contributed by atoms with van der Waals surface area (Å²) in [4.78, 5) is 8.41. The molecule has 1 atom stereocenters. The molecule has 0 fully saturated rings. The van der Waals surface area contributed by atoms with E-state index in [1.807, 2.05) is 30.6 Å². The third-order valence-corrected chi connectivity index (χ3v) is 3.62. The normalized spacial score (nSPS) is 14.1. The molecule has 0 saturated heterocycles. The molecule has 98 valence electrons. The fraction of sp³-hybridized carbons (Fsp3) is 0.500. The molecule has 5 nitrogen and oxygen atoms in total. The van der Waals surface area contributed by atoms with Crippen molar-refractivity contribution in [3.05, 3.63) is 28.9 Å². The number of aromatic nitrogens is 3. The molecule has 0 spiro atoms.